The fourth-order valence-corrected chi connectivity index (χ4v) is 1.38. The average Bonchev–Trinajstić information content (AvgIpc) is 2.37. The maximum absolute atomic E-state index is 11.4. The molecule has 0 saturated carbocycles. The number of carbonyl (C=O) groups is 1. The van der Waals surface area contributed by atoms with Gasteiger partial charge in [-0.3, -0.25) is 4.79 Å². The molecule has 1 aromatic carbocycles. The number of benzene rings is 1. The zero-order valence-corrected chi connectivity index (χ0v) is 10.1. The predicted molar refractivity (Wildman–Crippen MR) is 65.4 cm³/mol. The smallest absolute Gasteiger partial charge is 0.246 e. The Labute approximate surface area is 102 Å². The largest absolute Gasteiger partial charge is 0.394 e. The molecule has 0 saturated heterocycles. The predicted octanol–water partition coefficient (Wildman–Crippen LogP) is 1.09. The maximum atomic E-state index is 11.4. The molecule has 94 valence electrons. The van der Waals surface area contributed by atoms with Gasteiger partial charge in [0.1, 0.15) is 6.61 Å². The highest BCUT2D eigenvalue weighted by atomic mass is 16.5. The second-order valence-electron chi connectivity index (χ2n) is 3.83. The molecule has 1 atom stereocenters. The molecular formula is C13H19NO3. The third-order valence-corrected chi connectivity index (χ3v) is 2.42. The highest BCUT2D eigenvalue weighted by molar-refractivity contribution is 5.77. The minimum atomic E-state index is -0.193. The lowest BCUT2D eigenvalue weighted by Crippen LogP contribution is -2.39. The Morgan fingerprint density at radius 1 is 1.41 bits per heavy atom. The Hall–Kier alpha value is -1.39. The van der Waals surface area contributed by atoms with Gasteiger partial charge >= 0.3 is 0 Å². The summed E-state index contributed by atoms with van der Waals surface area (Å²) in [5.74, 6) is -0.193. The van der Waals surface area contributed by atoms with E-state index in [0.717, 1.165) is 5.56 Å². The fraction of sp³-hybridized carbons (Fsp3) is 0.462. The molecule has 4 heteroatoms. The van der Waals surface area contributed by atoms with Crippen molar-refractivity contribution in [3.8, 4) is 0 Å². The van der Waals surface area contributed by atoms with Gasteiger partial charge in [0.2, 0.25) is 5.91 Å². The van der Waals surface area contributed by atoms with E-state index in [9.17, 15) is 4.79 Å². The molecule has 0 fully saturated rings. The van der Waals surface area contributed by atoms with E-state index >= 15 is 0 Å². The fourth-order valence-electron chi connectivity index (χ4n) is 1.38. The van der Waals surface area contributed by atoms with Crippen LogP contribution >= 0.6 is 0 Å². The molecule has 1 amide bonds. The van der Waals surface area contributed by atoms with Gasteiger partial charge in [-0.2, -0.15) is 0 Å². The zero-order valence-electron chi connectivity index (χ0n) is 10.1. The molecule has 0 heterocycles. The molecule has 0 aromatic heterocycles. The molecule has 0 aliphatic carbocycles. The first kappa shape index (κ1) is 13.7. The Kier molecular flexibility index (Phi) is 6.29. The highest BCUT2D eigenvalue weighted by Crippen LogP contribution is 2.00. The second-order valence-corrected chi connectivity index (χ2v) is 3.83. The van der Waals surface area contributed by atoms with Crippen LogP contribution in [0.4, 0.5) is 0 Å². The highest BCUT2D eigenvalue weighted by Gasteiger charge is 2.08. The van der Waals surface area contributed by atoms with Crippen LogP contribution in [0.25, 0.3) is 0 Å². The van der Waals surface area contributed by atoms with E-state index in [1.165, 1.54) is 0 Å². The van der Waals surface area contributed by atoms with Crippen molar-refractivity contribution >= 4 is 5.91 Å². The molecule has 0 aliphatic heterocycles. The number of rotatable bonds is 7. The van der Waals surface area contributed by atoms with E-state index in [2.05, 4.69) is 5.32 Å². The van der Waals surface area contributed by atoms with Gasteiger partial charge in [-0.05, 0) is 12.0 Å². The quantitative estimate of drug-likeness (QED) is 0.746. The molecule has 0 bridgehead atoms. The SMILES string of the molecule is CC[C@@H](CO)NC(=O)COCc1ccccc1. The Bertz CT molecular complexity index is 323. The van der Waals surface area contributed by atoms with E-state index in [1.54, 1.807) is 0 Å². The molecule has 0 aliphatic rings. The summed E-state index contributed by atoms with van der Waals surface area (Å²) in [5, 5.41) is 11.6. The number of hydrogen-bond donors (Lipinski definition) is 2. The normalized spacial score (nSPS) is 12.1. The van der Waals surface area contributed by atoms with Gasteiger partial charge in [0.15, 0.2) is 0 Å². The van der Waals surface area contributed by atoms with E-state index < -0.39 is 0 Å². The molecule has 0 spiro atoms. The number of aliphatic hydroxyl groups excluding tert-OH is 1. The van der Waals surface area contributed by atoms with Crippen LogP contribution in [0.15, 0.2) is 30.3 Å². The van der Waals surface area contributed by atoms with Gasteiger partial charge < -0.3 is 15.2 Å². The summed E-state index contributed by atoms with van der Waals surface area (Å²) >= 11 is 0. The van der Waals surface area contributed by atoms with Gasteiger partial charge in [0.25, 0.3) is 0 Å². The average molecular weight is 237 g/mol. The molecule has 4 nitrogen and oxygen atoms in total. The number of amides is 1. The van der Waals surface area contributed by atoms with Crippen molar-refractivity contribution in [2.75, 3.05) is 13.2 Å². The van der Waals surface area contributed by atoms with Crippen LogP contribution in [0.2, 0.25) is 0 Å². The molecule has 0 radical (unpaired) electrons. The number of aliphatic hydroxyl groups is 1. The first-order valence-electron chi connectivity index (χ1n) is 5.78. The van der Waals surface area contributed by atoms with E-state index in [4.69, 9.17) is 9.84 Å². The van der Waals surface area contributed by atoms with Crippen molar-refractivity contribution in [3.63, 3.8) is 0 Å². The van der Waals surface area contributed by atoms with Crippen LogP contribution in [0, 0.1) is 0 Å². The summed E-state index contributed by atoms with van der Waals surface area (Å²) < 4.78 is 5.28. The number of hydrogen-bond acceptors (Lipinski definition) is 3. The van der Waals surface area contributed by atoms with Crippen LogP contribution in [0.5, 0.6) is 0 Å². The Morgan fingerprint density at radius 2 is 2.12 bits per heavy atom. The first-order valence-corrected chi connectivity index (χ1v) is 5.78. The van der Waals surface area contributed by atoms with Crippen molar-refractivity contribution < 1.29 is 14.6 Å². The minimum absolute atomic E-state index is 0.0192. The van der Waals surface area contributed by atoms with Gasteiger partial charge in [-0.1, -0.05) is 37.3 Å². The number of ether oxygens (including phenoxy) is 1. The van der Waals surface area contributed by atoms with Crippen molar-refractivity contribution in [2.24, 2.45) is 0 Å². The molecule has 2 N–H and O–H groups in total. The van der Waals surface area contributed by atoms with E-state index in [0.29, 0.717) is 13.0 Å². The lowest BCUT2D eigenvalue weighted by atomic mass is 10.2. The summed E-state index contributed by atoms with van der Waals surface area (Å²) in [6.45, 7) is 2.31. The van der Waals surface area contributed by atoms with Crippen LogP contribution in [0.1, 0.15) is 18.9 Å². The van der Waals surface area contributed by atoms with Crippen molar-refractivity contribution in [1.82, 2.24) is 5.32 Å². The van der Waals surface area contributed by atoms with Gasteiger partial charge in [-0.25, -0.2) is 0 Å². The van der Waals surface area contributed by atoms with Gasteiger partial charge in [0.05, 0.1) is 19.3 Å². The topological polar surface area (TPSA) is 58.6 Å². The van der Waals surface area contributed by atoms with Crippen LogP contribution < -0.4 is 5.32 Å². The number of nitrogens with one attached hydrogen (secondary N) is 1. The molecule has 1 aromatic rings. The Morgan fingerprint density at radius 3 is 2.71 bits per heavy atom. The van der Waals surface area contributed by atoms with Crippen LogP contribution in [0.3, 0.4) is 0 Å². The van der Waals surface area contributed by atoms with Crippen LogP contribution in [-0.4, -0.2) is 30.3 Å². The first-order chi connectivity index (χ1) is 8.26. The molecule has 1 rings (SSSR count). The lowest BCUT2D eigenvalue weighted by molar-refractivity contribution is -0.127. The summed E-state index contributed by atoms with van der Waals surface area (Å²) in [5.41, 5.74) is 1.04. The van der Waals surface area contributed by atoms with Crippen molar-refractivity contribution in [2.45, 2.75) is 26.0 Å². The lowest BCUT2D eigenvalue weighted by Gasteiger charge is -2.13. The van der Waals surface area contributed by atoms with Gasteiger partial charge in [0, 0.05) is 0 Å². The standard InChI is InChI=1S/C13H19NO3/c1-2-12(8-15)14-13(16)10-17-9-11-6-4-3-5-7-11/h3-7,12,15H,2,8-10H2,1H3,(H,14,16)/t12-/m0/s1. The third kappa shape index (κ3) is 5.47. The molecule has 0 unspecified atom stereocenters. The monoisotopic (exact) mass is 237 g/mol. The number of carbonyl (C=O) groups excluding carboxylic acids is 1. The van der Waals surface area contributed by atoms with E-state index in [1.807, 2.05) is 37.3 Å². The van der Waals surface area contributed by atoms with Crippen molar-refractivity contribution in [3.05, 3.63) is 35.9 Å². The van der Waals surface area contributed by atoms with E-state index in [-0.39, 0.29) is 25.2 Å². The summed E-state index contributed by atoms with van der Waals surface area (Å²) in [6, 6.07) is 9.50. The maximum Gasteiger partial charge on any atom is 0.246 e. The zero-order chi connectivity index (χ0) is 12.5. The summed E-state index contributed by atoms with van der Waals surface area (Å²) in [4.78, 5) is 11.4. The van der Waals surface area contributed by atoms with Crippen molar-refractivity contribution in [1.29, 1.82) is 0 Å². The Balaban J connectivity index is 2.20. The third-order valence-electron chi connectivity index (χ3n) is 2.42. The summed E-state index contributed by atoms with van der Waals surface area (Å²) in [7, 11) is 0. The molecule has 17 heavy (non-hydrogen) atoms. The molecular weight excluding hydrogens is 218 g/mol. The van der Waals surface area contributed by atoms with Gasteiger partial charge in [-0.15, -0.1) is 0 Å². The van der Waals surface area contributed by atoms with Crippen LogP contribution in [-0.2, 0) is 16.1 Å². The minimum Gasteiger partial charge on any atom is -0.394 e. The summed E-state index contributed by atoms with van der Waals surface area (Å²) in [6.07, 6.45) is 0.709. The second kappa shape index (κ2) is 7.81.